The van der Waals surface area contributed by atoms with Gasteiger partial charge < -0.3 is 19.2 Å². The highest BCUT2D eigenvalue weighted by molar-refractivity contribution is 5.97. The minimum absolute atomic E-state index is 0.352. The summed E-state index contributed by atoms with van der Waals surface area (Å²) in [5.74, 6) is 1.91. The van der Waals surface area contributed by atoms with Crippen LogP contribution in [0.5, 0.6) is 0 Å². The van der Waals surface area contributed by atoms with Crippen molar-refractivity contribution in [1.29, 1.82) is 0 Å². The fourth-order valence-corrected chi connectivity index (χ4v) is 4.54. The third-order valence-electron chi connectivity index (χ3n) is 6.27. The number of carbonyl (C=O) groups excluding carboxylic acids is 1. The third kappa shape index (κ3) is 5.04. The van der Waals surface area contributed by atoms with Gasteiger partial charge in [0.05, 0.1) is 34.7 Å². The summed E-state index contributed by atoms with van der Waals surface area (Å²) >= 11 is 0. The molecule has 0 amide bonds. The molecule has 0 radical (unpaired) electrons. The summed E-state index contributed by atoms with van der Waals surface area (Å²) in [6.45, 7) is 11.5. The van der Waals surface area contributed by atoms with E-state index in [1.807, 2.05) is 18.2 Å². The Morgan fingerprint density at radius 3 is 2.54 bits per heavy atom. The lowest BCUT2D eigenvalue weighted by atomic mass is 10.1. The smallest absolute Gasteiger partial charge is 0.337 e. The van der Waals surface area contributed by atoms with E-state index in [0.29, 0.717) is 11.5 Å². The number of ether oxygens (including phenoxy) is 1. The molecule has 4 rings (SSSR count). The van der Waals surface area contributed by atoms with Crippen molar-refractivity contribution in [1.82, 2.24) is 19.1 Å². The molecule has 0 aliphatic rings. The van der Waals surface area contributed by atoms with Gasteiger partial charge in [0.1, 0.15) is 5.82 Å². The lowest BCUT2D eigenvalue weighted by Crippen LogP contribution is -2.10. The molecule has 0 atom stereocenters. The van der Waals surface area contributed by atoms with Crippen molar-refractivity contribution in [3.05, 3.63) is 42.0 Å². The zero-order valence-corrected chi connectivity index (χ0v) is 21.6. The molecular weight excluding hydrogens is 438 g/mol. The van der Waals surface area contributed by atoms with Crippen molar-refractivity contribution in [3.63, 3.8) is 0 Å². The second kappa shape index (κ2) is 10.9. The van der Waals surface area contributed by atoms with E-state index in [1.54, 1.807) is 0 Å². The van der Waals surface area contributed by atoms with Crippen molar-refractivity contribution in [2.45, 2.75) is 66.5 Å². The highest BCUT2D eigenvalue weighted by Crippen LogP contribution is 2.34. The van der Waals surface area contributed by atoms with Crippen molar-refractivity contribution >= 4 is 34.0 Å². The van der Waals surface area contributed by atoms with E-state index >= 15 is 0 Å². The Balaban J connectivity index is 1.93. The van der Waals surface area contributed by atoms with E-state index < -0.39 is 0 Å². The molecule has 0 saturated heterocycles. The molecule has 2 heterocycles. The summed E-state index contributed by atoms with van der Waals surface area (Å²) in [6.07, 6.45) is 4.43. The summed E-state index contributed by atoms with van der Waals surface area (Å²) in [5, 5.41) is 3.56. The predicted octanol–water partition coefficient (Wildman–Crippen LogP) is 6.51. The number of nitrogens with one attached hydrogen (secondary N) is 1. The molecule has 186 valence electrons. The summed E-state index contributed by atoms with van der Waals surface area (Å²) in [4.78, 5) is 22.2. The van der Waals surface area contributed by atoms with E-state index in [0.717, 1.165) is 84.7 Å². The van der Waals surface area contributed by atoms with Crippen LogP contribution in [-0.2, 0) is 17.8 Å². The Labute approximate surface area is 207 Å². The van der Waals surface area contributed by atoms with E-state index in [9.17, 15) is 4.79 Å². The van der Waals surface area contributed by atoms with Crippen molar-refractivity contribution in [3.8, 4) is 11.4 Å². The van der Waals surface area contributed by atoms with Crippen molar-refractivity contribution in [2.24, 2.45) is 5.92 Å². The molecule has 0 aliphatic carbocycles. The summed E-state index contributed by atoms with van der Waals surface area (Å²) in [5.41, 5.74) is 5.45. The number of hydrogen-bond acceptors (Lipinski definition) is 5. The number of esters is 1. The number of imidazole rings is 2. The van der Waals surface area contributed by atoms with Gasteiger partial charge in [0, 0.05) is 25.2 Å². The fourth-order valence-electron chi connectivity index (χ4n) is 4.54. The first-order valence-electron chi connectivity index (χ1n) is 12.8. The van der Waals surface area contributed by atoms with Crippen LogP contribution in [0.25, 0.3) is 33.5 Å². The van der Waals surface area contributed by atoms with Gasteiger partial charge in [0.2, 0.25) is 5.95 Å². The molecule has 0 unspecified atom stereocenters. The quantitative estimate of drug-likeness (QED) is 0.198. The van der Waals surface area contributed by atoms with E-state index in [-0.39, 0.29) is 5.97 Å². The number of para-hydroxylation sites is 1. The van der Waals surface area contributed by atoms with Gasteiger partial charge in [-0.15, -0.1) is 0 Å². The number of fused-ring (bicyclic) bond motifs is 2. The van der Waals surface area contributed by atoms with Gasteiger partial charge in [0.25, 0.3) is 0 Å². The van der Waals surface area contributed by atoms with Gasteiger partial charge in [-0.05, 0) is 49.1 Å². The van der Waals surface area contributed by atoms with Crippen LogP contribution in [0.15, 0.2) is 36.4 Å². The Hall–Kier alpha value is -3.35. The SMILES string of the molecule is CCCCNc1nc2cccc(-c3nc4cc(C(=O)OC)ccc4n3CC(C)C)c2n1CCCC. The molecule has 35 heavy (non-hydrogen) atoms. The second-order valence-electron chi connectivity index (χ2n) is 9.53. The maximum absolute atomic E-state index is 12.2. The number of aromatic nitrogens is 4. The Kier molecular flexibility index (Phi) is 7.73. The molecule has 0 bridgehead atoms. The molecular formula is C28H37N5O2. The fraction of sp³-hybridized carbons (Fsp3) is 0.464. The first-order valence-corrected chi connectivity index (χ1v) is 12.8. The van der Waals surface area contributed by atoms with Gasteiger partial charge in [-0.25, -0.2) is 14.8 Å². The third-order valence-corrected chi connectivity index (χ3v) is 6.27. The number of unbranched alkanes of at least 4 members (excludes halogenated alkanes) is 2. The van der Waals surface area contributed by atoms with Crippen molar-refractivity contribution < 1.29 is 9.53 Å². The normalized spacial score (nSPS) is 11.6. The van der Waals surface area contributed by atoms with Crippen LogP contribution in [0.1, 0.15) is 63.7 Å². The number of benzene rings is 2. The number of hydrogen-bond donors (Lipinski definition) is 1. The molecule has 0 aliphatic heterocycles. The number of aryl methyl sites for hydroxylation is 1. The highest BCUT2D eigenvalue weighted by Gasteiger charge is 2.21. The molecule has 7 nitrogen and oxygen atoms in total. The van der Waals surface area contributed by atoms with Gasteiger partial charge in [-0.1, -0.05) is 46.6 Å². The predicted molar refractivity (Wildman–Crippen MR) is 143 cm³/mol. The minimum atomic E-state index is -0.352. The van der Waals surface area contributed by atoms with Crippen LogP contribution in [0.3, 0.4) is 0 Å². The maximum atomic E-state index is 12.2. The molecule has 0 fully saturated rings. The topological polar surface area (TPSA) is 74.0 Å². The number of methoxy groups -OCH3 is 1. The summed E-state index contributed by atoms with van der Waals surface area (Å²) < 4.78 is 9.53. The average Bonchev–Trinajstić information content (AvgIpc) is 3.39. The van der Waals surface area contributed by atoms with Crippen LogP contribution < -0.4 is 5.32 Å². The van der Waals surface area contributed by atoms with Crippen LogP contribution in [0.4, 0.5) is 5.95 Å². The molecule has 0 spiro atoms. The Morgan fingerprint density at radius 2 is 1.83 bits per heavy atom. The van der Waals surface area contributed by atoms with Crippen LogP contribution in [0.2, 0.25) is 0 Å². The average molecular weight is 476 g/mol. The van der Waals surface area contributed by atoms with Crippen LogP contribution >= 0.6 is 0 Å². The summed E-state index contributed by atoms with van der Waals surface area (Å²) in [7, 11) is 1.40. The number of nitrogens with zero attached hydrogens (tertiary/aromatic N) is 4. The highest BCUT2D eigenvalue weighted by atomic mass is 16.5. The maximum Gasteiger partial charge on any atom is 0.337 e. The van der Waals surface area contributed by atoms with E-state index in [2.05, 4.69) is 60.3 Å². The van der Waals surface area contributed by atoms with Crippen molar-refractivity contribution in [2.75, 3.05) is 19.0 Å². The monoisotopic (exact) mass is 475 g/mol. The number of anilines is 1. The zero-order chi connectivity index (χ0) is 24.9. The van der Waals surface area contributed by atoms with Gasteiger partial charge in [0.15, 0.2) is 0 Å². The zero-order valence-electron chi connectivity index (χ0n) is 21.6. The van der Waals surface area contributed by atoms with Gasteiger partial charge in [-0.2, -0.15) is 0 Å². The first kappa shape index (κ1) is 24.8. The lowest BCUT2D eigenvalue weighted by Gasteiger charge is -2.15. The number of rotatable bonds is 11. The molecule has 7 heteroatoms. The van der Waals surface area contributed by atoms with Gasteiger partial charge >= 0.3 is 5.97 Å². The first-order chi connectivity index (χ1) is 17.0. The molecule has 1 N–H and O–H groups in total. The van der Waals surface area contributed by atoms with Gasteiger partial charge in [-0.3, -0.25) is 0 Å². The minimum Gasteiger partial charge on any atom is -0.465 e. The molecule has 4 aromatic rings. The Morgan fingerprint density at radius 1 is 1.03 bits per heavy atom. The van der Waals surface area contributed by atoms with Crippen LogP contribution in [0, 0.1) is 5.92 Å². The van der Waals surface area contributed by atoms with Crippen LogP contribution in [-0.4, -0.2) is 38.7 Å². The largest absolute Gasteiger partial charge is 0.465 e. The Bertz CT molecular complexity index is 1320. The second-order valence-corrected chi connectivity index (χ2v) is 9.53. The van der Waals surface area contributed by atoms with E-state index in [1.165, 1.54) is 7.11 Å². The standard InChI is InChI=1S/C28H37N5O2/c1-6-8-15-29-28-31-22-12-10-11-21(25(22)32(28)16-9-7-2)26-30-23-17-20(27(34)35-5)13-14-24(23)33(26)18-19(3)4/h10-14,17,19H,6-9,15-16,18H2,1-5H3,(H,29,31). The molecule has 0 saturated carbocycles. The number of carbonyl (C=O) groups is 1. The molecule has 2 aromatic heterocycles. The lowest BCUT2D eigenvalue weighted by molar-refractivity contribution is 0.0601. The molecule has 2 aromatic carbocycles. The summed E-state index contributed by atoms with van der Waals surface area (Å²) in [6, 6.07) is 11.9. The van der Waals surface area contributed by atoms with E-state index in [4.69, 9.17) is 14.7 Å².